The Morgan fingerprint density at radius 3 is 2.29 bits per heavy atom. The molecule has 1 aliphatic rings. The van der Waals surface area contributed by atoms with Crippen LogP contribution < -0.4 is 5.32 Å². The Labute approximate surface area is 183 Å². The second-order valence-corrected chi connectivity index (χ2v) is 8.67. The van der Waals surface area contributed by atoms with E-state index in [9.17, 15) is 9.59 Å². The highest BCUT2D eigenvalue weighted by atomic mass is 16.2. The first-order valence-electron chi connectivity index (χ1n) is 11.3. The molecule has 0 bridgehead atoms. The molecule has 3 aromatic rings. The van der Waals surface area contributed by atoms with Gasteiger partial charge in [-0.25, -0.2) is 0 Å². The number of carbonyl (C=O) groups is 2. The molecular weight excluding hydrogens is 388 g/mol. The summed E-state index contributed by atoms with van der Waals surface area (Å²) >= 11 is 0. The number of fused-ring (bicyclic) bond motifs is 3. The number of piperazine rings is 1. The van der Waals surface area contributed by atoms with Crippen LogP contribution in [0.25, 0.3) is 21.8 Å². The van der Waals surface area contributed by atoms with E-state index in [-0.39, 0.29) is 23.8 Å². The van der Waals surface area contributed by atoms with Crippen molar-refractivity contribution in [3.05, 3.63) is 42.5 Å². The summed E-state index contributed by atoms with van der Waals surface area (Å²) < 4.78 is 2.30. The molecular formula is C25H32N4O2. The van der Waals surface area contributed by atoms with Crippen molar-refractivity contribution in [3.8, 4) is 0 Å². The van der Waals surface area contributed by atoms with Crippen molar-refractivity contribution in [2.75, 3.05) is 31.5 Å². The van der Waals surface area contributed by atoms with Gasteiger partial charge in [-0.3, -0.25) is 14.5 Å². The first-order chi connectivity index (χ1) is 14.9. The monoisotopic (exact) mass is 420 g/mol. The molecule has 6 heteroatoms. The van der Waals surface area contributed by atoms with E-state index in [0.717, 1.165) is 30.7 Å². The summed E-state index contributed by atoms with van der Waals surface area (Å²) in [5.41, 5.74) is 3.21. The molecule has 0 radical (unpaired) electrons. The number of anilines is 1. The Bertz CT molecular complexity index is 1110. The second kappa shape index (κ2) is 8.71. The summed E-state index contributed by atoms with van der Waals surface area (Å²) in [6, 6.07) is 14.3. The third-order valence-corrected chi connectivity index (χ3v) is 6.40. The van der Waals surface area contributed by atoms with Crippen molar-refractivity contribution in [1.82, 2.24) is 14.4 Å². The van der Waals surface area contributed by atoms with Gasteiger partial charge < -0.3 is 14.8 Å². The fourth-order valence-corrected chi connectivity index (χ4v) is 4.58. The van der Waals surface area contributed by atoms with Gasteiger partial charge in [0.15, 0.2) is 0 Å². The number of nitrogens with zero attached hydrogens (tertiary/aromatic N) is 3. The Hall–Kier alpha value is -2.86. The number of hydrogen-bond acceptors (Lipinski definition) is 3. The first kappa shape index (κ1) is 21.4. The lowest BCUT2D eigenvalue weighted by molar-refractivity contribution is -0.136. The lowest BCUT2D eigenvalue weighted by Crippen LogP contribution is -2.54. The van der Waals surface area contributed by atoms with E-state index in [1.54, 1.807) is 0 Å². The van der Waals surface area contributed by atoms with Crippen LogP contribution in [-0.4, -0.2) is 58.4 Å². The van der Waals surface area contributed by atoms with Gasteiger partial charge in [0.2, 0.25) is 11.8 Å². The number of aryl methyl sites for hydroxylation is 1. The summed E-state index contributed by atoms with van der Waals surface area (Å²) in [6.45, 7) is 11.6. The van der Waals surface area contributed by atoms with Crippen LogP contribution >= 0.6 is 0 Å². The normalized spacial score (nSPS) is 16.2. The standard InChI is InChI=1S/C25H32N4O2/c1-5-29-22-9-7-6-8-20(22)21-16-19(10-11-23(21)29)26-24(30)18(4)27-12-14-28(15-13-27)25(31)17(2)3/h6-11,16-18H,5,12-15H2,1-4H3,(H,26,30)/t18-/m0/s1. The molecule has 1 atom stereocenters. The summed E-state index contributed by atoms with van der Waals surface area (Å²) in [4.78, 5) is 29.2. The smallest absolute Gasteiger partial charge is 0.241 e. The Morgan fingerprint density at radius 1 is 0.935 bits per heavy atom. The molecule has 2 heterocycles. The largest absolute Gasteiger partial charge is 0.341 e. The van der Waals surface area contributed by atoms with E-state index in [1.807, 2.05) is 31.7 Å². The Morgan fingerprint density at radius 2 is 1.61 bits per heavy atom. The van der Waals surface area contributed by atoms with Gasteiger partial charge in [0, 0.05) is 66.1 Å². The van der Waals surface area contributed by atoms with E-state index >= 15 is 0 Å². The quantitative estimate of drug-likeness (QED) is 0.680. The molecule has 1 saturated heterocycles. The SMILES string of the molecule is CCn1c2ccccc2c2cc(NC(=O)[C@H](C)N3CCN(C(=O)C(C)C)CC3)ccc21. The van der Waals surface area contributed by atoms with Gasteiger partial charge in [0.05, 0.1) is 6.04 Å². The van der Waals surface area contributed by atoms with E-state index in [1.165, 1.54) is 16.4 Å². The van der Waals surface area contributed by atoms with Crippen molar-refractivity contribution in [1.29, 1.82) is 0 Å². The molecule has 0 spiro atoms. The fourth-order valence-electron chi connectivity index (χ4n) is 4.58. The molecule has 4 rings (SSSR count). The number of amides is 2. The average Bonchev–Trinajstić information content (AvgIpc) is 3.11. The predicted molar refractivity (Wildman–Crippen MR) is 126 cm³/mol. The minimum Gasteiger partial charge on any atom is -0.341 e. The number of hydrogen-bond donors (Lipinski definition) is 1. The Kier molecular flexibility index (Phi) is 6.01. The van der Waals surface area contributed by atoms with Crippen LogP contribution in [0, 0.1) is 5.92 Å². The van der Waals surface area contributed by atoms with Crippen LogP contribution in [0.5, 0.6) is 0 Å². The first-order valence-corrected chi connectivity index (χ1v) is 11.3. The van der Waals surface area contributed by atoms with Crippen molar-refractivity contribution in [2.24, 2.45) is 5.92 Å². The van der Waals surface area contributed by atoms with E-state index in [0.29, 0.717) is 13.1 Å². The zero-order valence-electron chi connectivity index (χ0n) is 18.9. The molecule has 2 aromatic carbocycles. The lowest BCUT2D eigenvalue weighted by atomic mass is 10.1. The number of carbonyl (C=O) groups excluding carboxylic acids is 2. The van der Waals surface area contributed by atoms with Crippen LogP contribution in [0.2, 0.25) is 0 Å². The molecule has 1 N–H and O–H groups in total. The summed E-state index contributed by atoms with van der Waals surface area (Å²) in [5, 5.41) is 5.46. The molecule has 1 aromatic heterocycles. The number of nitrogens with one attached hydrogen (secondary N) is 1. The van der Waals surface area contributed by atoms with Crippen molar-refractivity contribution >= 4 is 39.3 Å². The Balaban J connectivity index is 1.47. The molecule has 164 valence electrons. The topological polar surface area (TPSA) is 57.6 Å². The minimum atomic E-state index is -0.246. The molecule has 6 nitrogen and oxygen atoms in total. The highest BCUT2D eigenvalue weighted by Crippen LogP contribution is 2.31. The maximum atomic E-state index is 13.0. The third kappa shape index (κ3) is 4.04. The molecule has 0 aliphatic carbocycles. The molecule has 1 aliphatic heterocycles. The maximum absolute atomic E-state index is 13.0. The number of aromatic nitrogens is 1. The minimum absolute atomic E-state index is 0.0118. The van der Waals surface area contributed by atoms with Crippen LogP contribution in [0.4, 0.5) is 5.69 Å². The van der Waals surface area contributed by atoms with Gasteiger partial charge in [-0.2, -0.15) is 0 Å². The van der Waals surface area contributed by atoms with Gasteiger partial charge in [-0.05, 0) is 38.1 Å². The number of para-hydroxylation sites is 1. The van der Waals surface area contributed by atoms with Crippen LogP contribution in [0.15, 0.2) is 42.5 Å². The van der Waals surface area contributed by atoms with Gasteiger partial charge in [0.25, 0.3) is 0 Å². The summed E-state index contributed by atoms with van der Waals surface area (Å²) in [7, 11) is 0. The molecule has 2 amide bonds. The van der Waals surface area contributed by atoms with Crippen molar-refractivity contribution < 1.29 is 9.59 Å². The third-order valence-electron chi connectivity index (χ3n) is 6.40. The second-order valence-electron chi connectivity index (χ2n) is 8.67. The molecule has 0 unspecified atom stereocenters. The van der Waals surface area contributed by atoms with Crippen LogP contribution in [0.3, 0.4) is 0 Å². The number of benzene rings is 2. The van der Waals surface area contributed by atoms with Crippen molar-refractivity contribution in [3.63, 3.8) is 0 Å². The van der Waals surface area contributed by atoms with E-state index in [2.05, 4.69) is 58.1 Å². The van der Waals surface area contributed by atoms with E-state index in [4.69, 9.17) is 0 Å². The zero-order chi connectivity index (χ0) is 22.1. The van der Waals surface area contributed by atoms with Gasteiger partial charge in [-0.1, -0.05) is 32.0 Å². The molecule has 1 fully saturated rings. The highest BCUT2D eigenvalue weighted by molar-refractivity contribution is 6.10. The molecule has 0 saturated carbocycles. The van der Waals surface area contributed by atoms with Crippen molar-refractivity contribution in [2.45, 2.75) is 40.3 Å². The maximum Gasteiger partial charge on any atom is 0.241 e. The fraction of sp³-hybridized carbons (Fsp3) is 0.440. The lowest BCUT2D eigenvalue weighted by Gasteiger charge is -2.38. The summed E-state index contributed by atoms with van der Waals surface area (Å²) in [5.74, 6) is 0.194. The molecule has 31 heavy (non-hydrogen) atoms. The summed E-state index contributed by atoms with van der Waals surface area (Å²) in [6.07, 6.45) is 0. The predicted octanol–water partition coefficient (Wildman–Crippen LogP) is 3.94. The van der Waals surface area contributed by atoms with Gasteiger partial charge in [-0.15, -0.1) is 0 Å². The van der Waals surface area contributed by atoms with E-state index < -0.39 is 0 Å². The zero-order valence-corrected chi connectivity index (χ0v) is 18.9. The average molecular weight is 421 g/mol. The van der Waals surface area contributed by atoms with Crippen LogP contribution in [0.1, 0.15) is 27.7 Å². The van der Waals surface area contributed by atoms with Crippen LogP contribution in [-0.2, 0) is 16.1 Å². The van der Waals surface area contributed by atoms with Gasteiger partial charge >= 0.3 is 0 Å². The van der Waals surface area contributed by atoms with Gasteiger partial charge in [0.1, 0.15) is 0 Å². The highest BCUT2D eigenvalue weighted by Gasteiger charge is 2.28. The number of rotatable bonds is 5.